The van der Waals surface area contributed by atoms with Crippen molar-refractivity contribution in [3.63, 3.8) is 0 Å². The van der Waals surface area contributed by atoms with Crippen LogP contribution in [0.15, 0.2) is 36.4 Å². The van der Waals surface area contributed by atoms with Crippen LogP contribution >= 0.6 is 27.5 Å². The van der Waals surface area contributed by atoms with Crippen LogP contribution in [0.25, 0.3) is 0 Å². The summed E-state index contributed by atoms with van der Waals surface area (Å²) in [6.45, 7) is 0.141. The van der Waals surface area contributed by atoms with Gasteiger partial charge in [0.05, 0.1) is 9.95 Å². The number of non-ortho nitro benzene ring substituents is 1. The summed E-state index contributed by atoms with van der Waals surface area (Å²) in [5.74, 6) is 0.188. The number of nitro groups is 1. The minimum atomic E-state index is -0.514. The lowest BCUT2D eigenvalue weighted by atomic mass is 10.2. The zero-order valence-corrected chi connectivity index (χ0v) is 13.0. The molecule has 110 valence electrons. The number of nitrogens with zero attached hydrogens (tertiary/aromatic N) is 1. The SMILES string of the molecule is O=[N+]([O-])c1ccc(COc2ccc(F)cc2CBr)c(Cl)c1. The van der Waals surface area contributed by atoms with Crippen molar-refractivity contribution >= 4 is 33.2 Å². The van der Waals surface area contributed by atoms with E-state index in [1.807, 2.05) is 0 Å². The molecule has 0 amide bonds. The summed E-state index contributed by atoms with van der Waals surface area (Å²) in [4.78, 5) is 10.1. The van der Waals surface area contributed by atoms with E-state index in [2.05, 4.69) is 15.9 Å². The first-order valence-corrected chi connectivity index (χ1v) is 7.41. The van der Waals surface area contributed by atoms with Crippen LogP contribution in [0.2, 0.25) is 5.02 Å². The van der Waals surface area contributed by atoms with E-state index in [9.17, 15) is 14.5 Å². The number of alkyl halides is 1. The summed E-state index contributed by atoms with van der Waals surface area (Å²) >= 11 is 9.25. The number of benzene rings is 2. The molecule has 7 heteroatoms. The van der Waals surface area contributed by atoms with Crippen LogP contribution in [0.1, 0.15) is 11.1 Å². The largest absolute Gasteiger partial charge is 0.489 e. The first kappa shape index (κ1) is 15.7. The highest BCUT2D eigenvalue weighted by Crippen LogP contribution is 2.26. The molecule has 0 heterocycles. The fourth-order valence-electron chi connectivity index (χ4n) is 1.72. The van der Waals surface area contributed by atoms with Crippen molar-refractivity contribution in [2.24, 2.45) is 0 Å². The maximum Gasteiger partial charge on any atom is 0.270 e. The van der Waals surface area contributed by atoms with Gasteiger partial charge in [0.1, 0.15) is 18.2 Å². The highest BCUT2D eigenvalue weighted by Gasteiger charge is 2.11. The smallest absolute Gasteiger partial charge is 0.270 e. The molecule has 0 radical (unpaired) electrons. The molecule has 2 aromatic carbocycles. The van der Waals surface area contributed by atoms with Crippen molar-refractivity contribution in [3.05, 3.63) is 68.5 Å². The van der Waals surface area contributed by atoms with Gasteiger partial charge in [-0.05, 0) is 24.3 Å². The van der Waals surface area contributed by atoms with Crippen LogP contribution in [0.4, 0.5) is 10.1 Å². The molecule has 0 aliphatic carbocycles. The Labute approximate surface area is 133 Å². The van der Waals surface area contributed by atoms with Gasteiger partial charge < -0.3 is 4.74 Å². The van der Waals surface area contributed by atoms with E-state index < -0.39 is 4.92 Å². The number of rotatable bonds is 5. The van der Waals surface area contributed by atoms with Crippen molar-refractivity contribution < 1.29 is 14.1 Å². The Morgan fingerprint density at radius 1 is 1.24 bits per heavy atom. The van der Waals surface area contributed by atoms with Crippen molar-refractivity contribution in [2.75, 3.05) is 0 Å². The third-order valence-corrected chi connectivity index (χ3v) is 3.75. The van der Waals surface area contributed by atoms with Gasteiger partial charge >= 0.3 is 0 Å². The van der Waals surface area contributed by atoms with Crippen LogP contribution in [0.3, 0.4) is 0 Å². The van der Waals surface area contributed by atoms with E-state index in [1.165, 1.54) is 36.4 Å². The quantitative estimate of drug-likeness (QED) is 0.426. The van der Waals surface area contributed by atoms with Gasteiger partial charge in [-0.2, -0.15) is 0 Å². The topological polar surface area (TPSA) is 52.4 Å². The number of halogens is 3. The van der Waals surface area contributed by atoms with Crippen molar-refractivity contribution in [1.82, 2.24) is 0 Å². The van der Waals surface area contributed by atoms with E-state index in [4.69, 9.17) is 16.3 Å². The van der Waals surface area contributed by atoms with Crippen molar-refractivity contribution in [3.8, 4) is 5.75 Å². The van der Waals surface area contributed by atoms with Gasteiger partial charge in [-0.25, -0.2) is 4.39 Å². The molecule has 4 nitrogen and oxygen atoms in total. The summed E-state index contributed by atoms with van der Waals surface area (Å²) < 4.78 is 18.7. The number of ether oxygens (including phenoxy) is 1. The standard InChI is InChI=1S/C14H10BrClFNO3/c15-7-10-5-11(17)2-4-14(10)21-8-9-1-3-12(18(19)20)6-13(9)16/h1-6H,7-8H2. The molecule has 0 spiro atoms. The predicted octanol–water partition coefficient (Wildman–Crippen LogP) is 4.86. The summed E-state index contributed by atoms with van der Waals surface area (Å²) in [6.07, 6.45) is 0. The summed E-state index contributed by atoms with van der Waals surface area (Å²) in [5.41, 5.74) is 1.21. The van der Waals surface area contributed by atoms with Crippen LogP contribution in [-0.4, -0.2) is 4.92 Å². The maximum atomic E-state index is 13.1. The van der Waals surface area contributed by atoms with Gasteiger partial charge in [0.2, 0.25) is 0 Å². The van der Waals surface area contributed by atoms with Crippen LogP contribution in [0, 0.1) is 15.9 Å². The normalized spacial score (nSPS) is 10.4. The molecule has 2 rings (SSSR count). The number of hydrogen-bond acceptors (Lipinski definition) is 3. The third kappa shape index (κ3) is 3.92. The van der Waals surface area contributed by atoms with Gasteiger partial charge in [0.25, 0.3) is 5.69 Å². The lowest BCUT2D eigenvalue weighted by Crippen LogP contribution is -1.99. The second-order valence-electron chi connectivity index (χ2n) is 4.21. The van der Waals surface area contributed by atoms with Gasteiger partial charge in [-0.3, -0.25) is 10.1 Å². The monoisotopic (exact) mass is 373 g/mol. The van der Waals surface area contributed by atoms with E-state index in [0.717, 1.165) is 0 Å². The zero-order valence-electron chi connectivity index (χ0n) is 10.7. The molecular weight excluding hydrogens is 365 g/mol. The molecule has 0 fully saturated rings. The van der Waals surface area contributed by atoms with Gasteiger partial charge in [0, 0.05) is 28.6 Å². The van der Waals surface area contributed by atoms with Gasteiger partial charge in [0.15, 0.2) is 0 Å². The fourth-order valence-corrected chi connectivity index (χ4v) is 2.38. The van der Waals surface area contributed by atoms with E-state index >= 15 is 0 Å². The maximum absolute atomic E-state index is 13.1. The Balaban J connectivity index is 2.15. The molecule has 0 aliphatic rings. The zero-order chi connectivity index (χ0) is 15.4. The molecule has 2 aromatic rings. The van der Waals surface area contributed by atoms with Crippen molar-refractivity contribution in [2.45, 2.75) is 11.9 Å². The Kier molecular flexibility index (Phi) is 5.14. The molecule has 0 unspecified atom stereocenters. The van der Waals surface area contributed by atoms with E-state index in [1.54, 1.807) is 0 Å². The lowest BCUT2D eigenvalue weighted by Gasteiger charge is -2.11. The van der Waals surface area contributed by atoms with E-state index in [0.29, 0.717) is 22.2 Å². The van der Waals surface area contributed by atoms with Crippen LogP contribution in [0.5, 0.6) is 5.75 Å². The first-order chi connectivity index (χ1) is 10.0. The minimum Gasteiger partial charge on any atom is -0.489 e. The number of hydrogen-bond donors (Lipinski definition) is 0. The average molecular weight is 375 g/mol. The second-order valence-corrected chi connectivity index (χ2v) is 5.18. The molecule has 0 saturated heterocycles. The molecule has 21 heavy (non-hydrogen) atoms. The molecular formula is C14H10BrClFNO3. The summed E-state index contributed by atoms with van der Waals surface area (Å²) in [7, 11) is 0. The minimum absolute atomic E-state index is 0.0771. The Hall–Kier alpha value is -1.66. The fraction of sp³-hybridized carbons (Fsp3) is 0.143. The Morgan fingerprint density at radius 2 is 2.00 bits per heavy atom. The lowest BCUT2D eigenvalue weighted by molar-refractivity contribution is -0.384. The highest BCUT2D eigenvalue weighted by atomic mass is 79.9. The van der Waals surface area contributed by atoms with Crippen LogP contribution in [-0.2, 0) is 11.9 Å². The molecule has 0 bridgehead atoms. The van der Waals surface area contributed by atoms with Gasteiger partial charge in [-0.1, -0.05) is 27.5 Å². The number of nitro benzene ring substituents is 1. The van der Waals surface area contributed by atoms with Gasteiger partial charge in [-0.15, -0.1) is 0 Å². The van der Waals surface area contributed by atoms with E-state index in [-0.39, 0.29) is 23.1 Å². The average Bonchev–Trinajstić information content (AvgIpc) is 2.46. The first-order valence-electron chi connectivity index (χ1n) is 5.91. The highest BCUT2D eigenvalue weighted by molar-refractivity contribution is 9.08. The predicted molar refractivity (Wildman–Crippen MR) is 81.5 cm³/mol. The molecule has 0 saturated carbocycles. The summed E-state index contributed by atoms with van der Waals surface area (Å²) in [5, 5.41) is 11.3. The third-order valence-electron chi connectivity index (χ3n) is 2.80. The molecule has 0 aromatic heterocycles. The summed E-state index contributed by atoms with van der Waals surface area (Å²) in [6, 6.07) is 8.39. The van der Waals surface area contributed by atoms with Crippen molar-refractivity contribution in [1.29, 1.82) is 0 Å². The molecule has 0 atom stereocenters. The molecule has 0 N–H and O–H groups in total. The second kappa shape index (κ2) is 6.87. The van der Waals surface area contributed by atoms with Crippen LogP contribution < -0.4 is 4.74 Å². The Bertz CT molecular complexity index is 681. The molecule has 0 aliphatic heterocycles. The Morgan fingerprint density at radius 3 is 2.62 bits per heavy atom.